The van der Waals surface area contributed by atoms with E-state index in [-0.39, 0.29) is 6.23 Å². The first-order chi connectivity index (χ1) is 4.86. The van der Waals surface area contributed by atoms with Crippen LogP contribution in [0.4, 0.5) is 0 Å². The Kier molecular flexibility index (Phi) is 2.47. The van der Waals surface area contributed by atoms with Crippen molar-refractivity contribution >= 4 is 5.96 Å². The van der Waals surface area contributed by atoms with Crippen LogP contribution in [0.3, 0.4) is 0 Å². The lowest BCUT2D eigenvalue weighted by molar-refractivity contribution is 0.0807. The molecule has 5 heteroatoms. The highest BCUT2D eigenvalue weighted by atomic mass is 16.5. The van der Waals surface area contributed by atoms with Crippen molar-refractivity contribution in [1.29, 1.82) is 0 Å². The Bertz CT molecular complexity index is 136. The van der Waals surface area contributed by atoms with Gasteiger partial charge in [0.15, 0.2) is 0 Å². The smallest absolute Gasteiger partial charge is 0.207 e. The second-order valence-electron chi connectivity index (χ2n) is 2.03. The van der Waals surface area contributed by atoms with Crippen LogP contribution in [-0.4, -0.2) is 25.8 Å². The van der Waals surface area contributed by atoms with Gasteiger partial charge in [-0.25, -0.2) is 5.84 Å². The van der Waals surface area contributed by atoms with E-state index in [1.54, 1.807) is 7.11 Å². The number of guanidine groups is 1. The molecule has 1 heterocycles. The molecule has 0 bridgehead atoms. The van der Waals surface area contributed by atoms with Gasteiger partial charge in [-0.05, 0) is 0 Å². The average molecular weight is 144 g/mol. The van der Waals surface area contributed by atoms with Gasteiger partial charge in [-0.3, -0.25) is 10.4 Å². The van der Waals surface area contributed by atoms with Crippen LogP contribution >= 0.6 is 0 Å². The first-order valence-corrected chi connectivity index (χ1v) is 3.17. The summed E-state index contributed by atoms with van der Waals surface area (Å²) in [5.74, 6) is 5.72. The number of ether oxygens (including phenoxy) is 1. The summed E-state index contributed by atoms with van der Waals surface area (Å²) in [6, 6.07) is 0. The SMILES string of the molecule is COC1CCN=C(NN)N1. The molecule has 5 nitrogen and oxygen atoms in total. The number of nitrogens with two attached hydrogens (primary N) is 1. The molecule has 0 aromatic heterocycles. The number of aliphatic imine (C=N–C) groups is 1. The van der Waals surface area contributed by atoms with Gasteiger partial charge in [-0.1, -0.05) is 0 Å². The van der Waals surface area contributed by atoms with Crippen LogP contribution in [0.5, 0.6) is 0 Å². The molecule has 1 atom stereocenters. The third-order valence-corrected chi connectivity index (χ3v) is 1.38. The van der Waals surface area contributed by atoms with Crippen LogP contribution < -0.4 is 16.6 Å². The zero-order valence-corrected chi connectivity index (χ0v) is 5.92. The third-order valence-electron chi connectivity index (χ3n) is 1.38. The molecule has 0 aromatic rings. The van der Waals surface area contributed by atoms with E-state index in [2.05, 4.69) is 15.7 Å². The average Bonchev–Trinajstić information content (AvgIpc) is 2.05. The van der Waals surface area contributed by atoms with Crippen LogP contribution in [0.2, 0.25) is 0 Å². The number of hydrogen-bond acceptors (Lipinski definition) is 5. The van der Waals surface area contributed by atoms with Gasteiger partial charge in [0.25, 0.3) is 0 Å². The Balaban J connectivity index is 2.40. The van der Waals surface area contributed by atoms with E-state index in [4.69, 9.17) is 10.6 Å². The number of hydrazine groups is 1. The number of methoxy groups -OCH3 is 1. The Morgan fingerprint density at radius 1 is 1.90 bits per heavy atom. The van der Waals surface area contributed by atoms with Crippen molar-refractivity contribution in [3.05, 3.63) is 0 Å². The minimum absolute atomic E-state index is 0.0450. The Labute approximate surface area is 59.6 Å². The predicted octanol–water partition coefficient (Wildman–Crippen LogP) is -1.23. The summed E-state index contributed by atoms with van der Waals surface area (Å²) in [7, 11) is 1.65. The molecule has 58 valence electrons. The fourth-order valence-electron chi connectivity index (χ4n) is 0.828. The van der Waals surface area contributed by atoms with Crippen molar-refractivity contribution in [2.45, 2.75) is 12.6 Å². The first kappa shape index (κ1) is 7.30. The largest absolute Gasteiger partial charge is 0.362 e. The summed E-state index contributed by atoms with van der Waals surface area (Å²) in [6.07, 6.45) is 0.936. The second kappa shape index (κ2) is 3.38. The summed E-state index contributed by atoms with van der Waals surface area (Å²) < 4.78 is 5.04. The van der Waals surface area contributed by atoms with Crippen molar-refractivity contribution < 1.29 is 4.74 Å². The van der Waals surface area contributed by atoms with Gasteiger partial charge in [0.1, 0.15) is 6.23 Å². The topological polar surface area (TPSA) is 71.7 Å². The van der Waals surface area contributed by atoms with Crippen molar-refractivity contribution in [2.75, 3.05) is 13.7 Å². The Morgan fingerprint density at radius 3 is 3.30 bits per heavy atom. The van der Waals surface area contributed by atoms with E-state index in [0.29, 0.717) is 5.96 Å². The zero-order chi connectivity index (χ0) is 7.40. The van der Waals surface area contributed by atoms with Crippen LogP contribution in [-0.2, 0) is 4.74 Å². The number of hydrogen-bond donors (Lipinski definition) is 3. The van der Waals surface area contributed by atoms with Gasteiger partial charge >= 0.3 is 0 Å². The van der Waals surface area contributed by atoms with Gasteiger partial charge in [-0.2, -0.15) is 0 Å². The molecule has 0 aliphatic carbocycles. The van der Waals surface area contributed by atoms with Crippen molar-refractivity contribution in [2.24, 2.45) is 10.8 Å². The number of nitrogens with zero attached hydrogens (tertiary/aromatic N) is 1. The van der Waals surface area contributed by atoms with E-state index in [0.717, 1.165) is 13.0 Å². The fourth-order valence-corrected chi connectivity index (χ4v) is 0.828. The highest BCUT2D eigenvalue weighted by Crippen LogP contribution is 1.97. The molecule has 1 aliphatic rings. The monoisotopic (exact) mass is 144 g/mol. The molecular weight excluding hydrogens is 132 g/mol. The summed E-state index contributed by atoms with van der Waals surface area (Å²) in [6.45, 7) is 0.755. The van der Waals surface area contributed by atoms with Crippen LogP contribution in [0.1, 0.15) is 6.42 Å². The molecule has 0 aromatic carbocycles. The van der Waals surface area contributed by atoms with Crippen molar-refractivity contribution in [1.82, 2.24) is 10.7 Å². The number of rotatable bonds is 1. The lowest BCUT2D eigenvalue weighted by Gasteiger charge is -2.22. The maximum Gasteiger partial charge on any atom is 0.207 e. The Hall–Kier alpha value is -0.810. The summed E-state index contributed by atoms with van der Waals surface area (Å²) in [5.41, 5.74) is 2.43. The van der Waals surface area contributed by atoms with E-state index in [1.807, 2.05) is 0 Å². The van der Waals surface area contributed by atoms with Crippen molar-refractivity contribution in [3.8, 4) is 0 Å². The van der Waals surface area contributed by atoms with Gasteiger partial charge in [0.2, 0.25) is 5.96 Å². The van der Waals surface area contributed by atoms with E-state index in [9.17, 15) is 0 Å². The molecular formula is C5H12N4O. The summed E-state index contributed by atoms with van der Waals surface area (Å²) in [5, 5.41) is 2.94. The highest BCUT2D eigenvalue weighted by molar-refractivity contribution is 5.79. The maximum atomic E-state index is 5.12. The standard InChI is InChI=1S/C5H12N4O/c1-10-4-2-3-7-5(8-4)9-6/h4H,2-3,6H2,1H3,(H2,7,8,9). The quantitative estimate of drug-likeness (QED) is 0.318. The lowest BCUT2D eigenvalue weighted by Crippen LogP contribution is -2.49. The molecule has 4 N–H and O–H groups in total. The maximum absolute atomic E-state index is 5.12. The Morgan fingerprint density at radius 2 is 2.70 bits per heavy atom. The first-order valence-electron chi connectivity index (χ1n) is 3.17. The van der Waals surface area contributed by atoms with Gasteiger partial charge < -0.3 is 10.1 Å². The van der Waals surface area contributed by atoms with Crippen LogP contribution in [0.15, 0.2) is 4.99 Å². The minimum atomic E-state index is 0.0450. The fraction of sp³-hybridized carbons (Fsp3) is 0.800. The van der Waals surface area contributed by atoms with E-state index < -0.39 is 0 Å². The molecule has 0 fully saturated rings. The van der Waals surface area contributed by atoms with Gasteiger partial charge in [0, 0.05) is 20.1 Å². The van der Waals surface area contributed by atoms with E-state index >= 15 is 0 Å². The van der Waals surface area contributed by atoms with Crippen molar-refractivity contribution in [3.63, 3.8) is 0 Å². The van der Waals surface area contributed by atoms with Gasteiger partial charge in [-0.15, -0.1) is 0 Å². The second-order valence-corrected chi connectivity index (χ2v) is 2.03. The molecule has 0 saturated heterocycles. The van der Waals surface area contributed by atoms with Crippen LogP contribution in [0, 0.1) is 0 Å². The molecule has 0 radical (unpaired) electrons. The lowest BCUT2D eigenvalue weighted by atomic mass is 10.3. The molecule has 0 saturated carbocycles. The summed E-state index contributed by atoms with van der Waals surface area (Å²) in [4.78, 5) is 4.04. The zero-order valence-electron chi connectivity index (χ0n) is 5.92. The molecule has 10 heavy (non-hydrogen) atoms. The molecule has 0 spiro atoms. The van der Waals surface area contributed by atoms with Gasteiger partial charge in [0.05, 0.1) is 0 Å². The summed E-state index contributed by atoms with van der Waals surface area (Å²) >= 11 is 0. The van der Waals surface area contributed by atoms with Crippen LogP contribution in [0.25, 0.3) is 0 Å². The third kappa shape index (κ3) is 1.58. The predicted molar refractivity (Wildman–Crippen MR) is 38.2 cm³/mol. The molecule has 1 rings (SSSR count). The molecule has 0 amide bonds. The molecule has 1 unspecified atom stereocenters. The van der Waals surface area contributed by atoms with E-state index in [1.165, 1.54) is 0 Å². The minimum Gasteiger partial charge on any atom is -0.362 e. The normalized spacial score (nSPS) is 25.0. The molecule has 1 aliphatic heterocycles. The highest BCUT2D eigenvalue weighted by Gasteiger charge is 2.12. The number of nitrogens with one attached hydrogen (secondary N) is 2.